The fourth-order valence-corrected chi connectivity index (χ4v) is 2.29. The highest BCUT2D eigenvalue weighted by Crippen LogP contribution is 2.13. The summed E-state index contributed by atoms with van der Waals surface area (Å²) in [6, 6.07) is 2.06. The van der Waals surface area contributed by atoms with Crippen LogP contribution in [0.25, 0.3) is 0 Å². The van der Waals surface area contributed by atoms with Gasteiger partial charge in [0.05, 0.1) is 0 Å². The number of nitrogens with one attached hydrogen (secondary N) is 1. The molecule has 1 fully saturated rings. The van der Waals surface area contributed by atoms with Gasteiger partial charge in [-0.15, -0.1) is 0 Å². The zero-order chi connectivity index (χ0) is 14.5. The van der Waals surface area contributed by atoms with Crippen LogP contribution in [-0.2, 0) is 16.0 Å². The molecule has 7 heteroatoms. The molecule has 1 aliphatic rings. The zero-order valence-electron chi connectivity index (χ0n) is 11.0. The Morgan fingerprint density at radius 2 is 2.20 bits per heavy atom. The second-order valence-corrected chi connectivity index (χ2v) is 4.85. The molecular weight excluding hydrogens is 260 g/mol. The normalized spacial score (nSPS) is 20.6. The van der Waals surface area contributed by atoms with Crippen molar-refractivity contribution in [1.82, 2.24) is 15.3 Å². The molecule has 0 aromatic carbocycles. The Labute approximate surface area is 116 Å². The molecule has 1 saturated heterocycles. The van der Waals surface area contributed by atoms with Crippen LogP contribution in [0.5, 0.6) is 0 Å². The Morgan fingerprint density at radius 3 is 2.75 bits per heavy atom. The van der Waals surface area contributed by atoms with Crippen molar-refractivity contribution in [2.24, 2.45) is 5.84 Å². The van der Waals surface area contributed by atoms with Crippen molar-refractivity contribution in [1.29, 1.82) is 0 Å². The van der Waals surface area contributed by atoms with Gasteiger partial charge in [0.25, 0.3) is 0 Å². The number of nitrogens with two attached hydrogens (primary N) is 1. The van der Waals surface area contributed by atoms with Gasteiger partial charge < -0.3 is 10.4 Å². The van der Waals surface area contributed by atoms with Gasteiger partial charge in [-0.25, -0.2) is 9.80 Å². The molecule has 1 aliphatic heterocycles. The highest BCUT2D eigenvalue weighted by molar-refractivity contribution is 5.87. The summed E-state index contributed by atoms with van der Waals surface area (Å²) in [6.45, 7) is 0.653. The molecule has 20 heavy (non-hydrogen) atoms. The fraction of sp³-hybridized carbons (Fsp3) is 0.462. The third kappa shape index (κ3) is 3.52. The maximum atomic E-state index is 12.1. The molecule has 2 heterocycles. The third-order valence-corrected chi connectivity index (χ3v) is 3.40. The van der Waals surface area contributed by atoms with Crippen LogP contribution >= 0.6 is 0 Å². The molecule has 2 atom stereocenters. The molecule has 0 saturated carbocycles. The molecule has 0 spiro atoms. The molecule has 0 bridgehead atoms. The number of carbonyl (C=O) groups is 2. The van der Waals surface area contributed by atoms with Gasteiger partial charge >= 0.3 is 5.97 Å². The number of carboxylic acids is 1. The summed E-state index contributed by atoms with van der Waals surface area (Å²) in [5, 5.41) is 13.2. The highest BCUT2D eigenvalue weighted by atomic mass is 16.4. The van der Waals surface area contributed by atoms with Gasteiger partial charge in [-0.2, -0.15) is 0 Å². The van der Waals surface area contributed by atoms with E-state index in [0.29, 0.717) is 13.0 Å². The van der Waals surface area contributed by atoms with E-state index >= 15 is 0 Å². The van der Waals surface area contributed by atoms with Gasteiger partial charge in [0.2, 0.25) is 5.91 Å². The van der Waals surface area contributed by atoms with E-state index in [1.807, 2.05) is 0 Å². The SMILES string of the molecule is NN1CCC[C@H]1C(=O)N[C@@H](Cc1ccncc1)C(=O)O. The molecule has 0 unspecified atom stereocenters. The first-order valence-electron chi connectivity index (χ1n) is 6.51. The first-order chi connectivity index (χ1) is 9.58. The Bertz CT molecular complexity index is 480. The van der Waals surface area contributed by atoms with Crippen molar-refractivity contribution in [3.05, 3.63) is 30.1 Å². The summed E-state index contributed by atoms with van der Waals surface area (Å²) >= 11 is 0. The summed E-state index contributed by atoms with van der Waals surface area (Å²) in [6.07, 6.45) is 4.91. The van der Waals surface area contributed by atoms with E-state index < -0.39 is 18.1 Å². The Morgan fingerprint density at radius 1 is 1.50 bits per heavy atom. The molecular formula is C13H18N4O3. The number of amides is 1. The number of nitrogens with zero attached hydrogens (tertiary/aromatic N) is 2. The highest BCUT2D eigenvalue weighted by Gasteiger charge is 2.31. The molecule has 7 nitrogen and oxygen atoms in total. The predicted octanol–water partition coefficient (Wildman–Crippen LogP) is -0.468. The summed E-state index contributed by atoms with van der Waals surface area (Å²) in [7, 11) is 0. The van der Waals surface area contributed by atoms with E-state index in [4.69, 9.17) is 5.84 Å². The van der Waals surface area contributed by atoms with E-state index in [2.05, 4.69) is 10.3 Å². The lowest BCUT2D eigenvalue weighted by molar-refractivity contribution is -0.142. The van der Waals surface area contributed by atoms with Crippen LogP contribution in [0.15, 0.2) is 24.5 Å². The fourth-order valence-electron chi connectivity index (χ4n) is 2.29. The first-order valence-corrected chi connectivity index (χ1v) is 6.51. The van der Waals surface area contributed by atoms with Crippen LogP contribution < -0.4 is 11.2 Å². The van der Waals surface area contributed by atoms with Crippen molar-refractivity contribution in [3.63, 3.8) is 0 Å². The molecule has 1 amide bonds. The molecule has 1 aromatic heterocycles. The van der Waals surface area contributed by atoms with E-state index in [1.54, 1.807) is 24.5 Å². The minimum Gasteiger partial charge on any atom is -0.480 e. The third-order valence-electron chi connectivity index (χ3n) is 3.40. The number of carbonyl (C=O) groups excluding carboxylic acids is 1. The first kappa shape index (κ1) is 14.4. The van der Waals surface area contributed by atoms with E-state index in [9.17, 15) is 14.7 Å². The Balaban J connectivity index is 1.99. The Kier molecular flexibility index (Phi) is 4.65. The molecule has 0 radical (unpaired) electrons. The van der Waals surface area contributed by atoms with Gasteiger partial charge in [0.15, 0.2) is 0 Å². The van der Waals surface area contributed by atoms with Crippen LogP contribution in [0.4, 0.5) is 0 Å². The summed E-state index contributed by atoms with van der Waals surface area (Å²) in [4.78, 5) is 27.2. The monoisotopic (exact) mass is 278 g/mol. The van der Waals surface area contributed by atoms with Crippen molar-refractivity contribution in [2.45, 2.75) is 31.3 Å². The van der Waals surface area contributed by atoms with Crippen LogP contribution in [0.2, 0.25) is 0 Å². The lowest BCUT2D eigenvalue weighted by atomic mass is 10.1. The number of aliphatic carboxylic acids is 1. The van der Waals surface area contributed by atoms with Crippen molar-refractivity contribution >= 4 is 11.9 Å². The summed E-state index contributed by atoms with van der Waals surface area (Å²) < 4.78 is 0. The number of carboxylic acid groups (broad SMARTS) is 1. The molecule has 0 aliphatic carbocycles. The average Bonchev–Trinajstić information content (AvgIpc) is 2.85. The van der Waals surface area contributed by atoms with Crippen LogP contribution in [-0.4, -0.2) is 45.6 Å². The predicted molar refractivity (Wildman–Crippen MR) is 71.4 cm³/mol. The number of hydrogen-bond acceptors (Lipinski definition) is 5. The maximum absolute atomic E-state index is 12.1. The Hall–Kier alpha value is -1.99. The van der Waals surface area contributed by atoms with Gasteiger partial charge in [-0.05, 0) is 30.5 Å². The van der Waals surface area contributed by atoms with Crippen molar-refractivity contribution < 1.29 is 14.7 Å². The standard InChI is InChI=1S/C13H18N4O3/c14-17-7-1-2-11(17)12(18)16-10(13(19)20)8-9-3-5-15-6-4-9/h3-6,10-11H,1-2,7-8,14H2,(H,16,18)(H,19,20)/t10-,11-/m0/s1. The number of hydrogen-bond donors (Lipinski definition) is 3. The molecule has 4 N–H and O–H groups in total. The second kappa shape index (κ2) is 6.44. The smallest absolute Gasteiger partial charge is 0.326 e. The largest absolute Gasteiger partial charge is 0.480 e. The maximum Gasteiger partial charge on any atom is 0.326 e. The molecule has 1 aromatic rings. The topological polar surface area (TPSA) is 109 Å². The summed E-state index contributed by atoms with van der Waals surface area (Å²) in [5.41, 5.74) is 0.809. The van der Waals surface area contributed by atoms with E-state index in [0.717, 1.165) is 12.0 Å². The van der Waals surface area contributed by atoms with Crippen molar-refractivity contribution in [3.8, 4) is 0 Å². The minimum atomic E-state index is -1.06. The van der Waals surface area contributed by atoms with Crippen LogP contribution in [0.1, 0.15) is 18.4 Å². The lowest BCUT2D eigenvalue weighted by Gasteiger charge is -2.21. The molecule has 108 valence electrons. The lowest BCUT2D eigenvalue weighted by Crippen LogP contribution is -2.51. The summed E-state index contributed by atoms with van der Waals surface area (Å²) in [5.74, 6) is 4.32. The zero-order valence-corrected chi connectivity index (χ0v) is 11.0. The number of hydrazine groups is 1. The van der Waals surface area contributed by atoms with Crippen molar-refractivity contribution in [2.75, 3.05) is 6.54 Å². The van der Waals surface area contributed by atoms with Gasteiger partial charge in [-0.1, -0.05) is 0 Å². The quantitative estimate of drug-likeness (QED) is 0.628. The van der Waals surface area contributed by atoms with Crippen LogP contribution in [0, 0.1) is 0 Å². The number of rotatable bonds is 5. The number of aromatic nitrogens is 1. The van der Waals surface area contributed by atoms with Gasteiger partial charge in [0, 0.05) is 25.4 Å². The number of pyridine rings is 1. The van der Waals surface area contributed by atoms with Gasteiger partial charge in [-0.3, -0.25) is 15.6 Å². The van der Waals surface area contributed by atoms with Gasteiger partial charge in [0.1, 0.15) is 12.1 Å². The average molecular weight is 278 g/mol. The van der Waals surface area contributed by atoms with E-state index in [-0.39, 0.29) is 12.3 Å². The molecule has 2 rings (SSSR count). The van der Waals surface area contributed by atoms with Crippen LogP contribution in [0.3, 0.4) is 0 Å². The second-order valence-electron chi connectivity index (χ2n) is 4.85. The van der Waals surface area contributed by atoms with E-state index in [1.165, 1.54) is 5.01 Å². The minimum absolute atomic E-state index is 0.223.